The molecular formula is C10H14N2O5. The first-order chi connectivity index (χ1) is 8.02. The summed E-state index contributed by atoms with van der Waals surface area (Å²) < 4.78 is 0. The second-order valence-electron chi connectivity index (χ2n) is 4.25. The molecule has 0 saturated carbocycles. The number of aliphatic hydroxyl groups is 1. The van der Waals surface area contributed by atoms with E-state index >= 15 is 0 Å². The Morgan fingerprint density at radius 2 is 2.00 bits per heavy atom. The van der Waals surface area contributed by atoms with E-state index in [1.165, 1.54) is 5.01 Å². The van der Waals surface area contributed by atoms with Crippen molar-refractivity contribution in [2.75, 3.05) is 6.54 Å². The Morgan fingerprint density at radius 3 is 2.65 bits per heavy atom. The van der Waals surface area contributed by atoms with Crippen LogP contribution in [0.15, 0.2) is 0 Å². The number of carboxylic acids is 1. The SMILES string of the molecule is O=C(O)[C@@H]1CCCN2C(=O)CC[C@H](O)C(=O)N12. The van der Waals surface area contributed by atoms with Crippen molar-refractivity contribution >= 4 is 17.8 Å². The molecule has 0 unspecified atom stereocenters. The van der Waals surface area contributed by atoms with E-state index in [4.69, 9.17) is 5.11 Å². The van der Waals surface area contributed by atoms with Crippen molar-refractivity contribution in [3.63, 3.8) is 0 Å². The highest BCUT2D eigenvalue weighted by atomic mass is 16.4. The minimum atomic E-state index is -1.29. The van der Waals surface area contributed by atoms with Crippen molar-refractivity contribution in [3.05, 3.63) is 0 Å². The Morgan fingerprint density at radius 1 is 1.29 bits per heavy atom. The van der Waals surface area contributed by atoms with Crippen LogP contribution >= 0.6 is 0 Å². The Hall–Kier alpha value is -1.63. The number of amides is 2. The van der Waals surface area contributed by atoms with Crippen LogP contribution < -0.4 is 0 Å². The van der Waals surface area contributed by atoms with E-state index in [2.05, 4.69) is 0 Å². The molecule has 0 aliphatic carbocycles. The summed E-state index contributed by atoms with van der Waals surface area (Å²) in [5, 5.41) is 20.7. The molecule has 2 aliphatic rings. The molecular weight excluding hydrogens is 228 g/mol. The number of nitrogens with zero attached hydrogens (tertiary/aromatic N) is 2. The van der Waals surface area contributed by atoms with Gasteiger partial charge in [0.2, 0.25) is 5.91 Å². The zero-order chi connectivity index (χ0) is 12.6. The maximum absolute atomic E-state index is 11.9. The average Bonchev–Trinajstić information content (AvgIpc) is 2.42. The second-order valence-corrected chi connectivity index (χ2v) is 4.25. The monoisotopic (exact) mass is 242 g/mol. The van der Waals surface area contributed by atoms with Crippen LogP contribution in [-0.4, -0.2) is 56.7 Å². The van der Waals surface area contributed by atoms with Crippen molar-refractivity contribution in [2.45, 2.75) is 37.8 Å². The normalized spacial score (nSPS) is 29.9. The summed E-state index contributed by atoms with van der Waals surface area (Å²) in [6.45, 7) is 0.334. The van der Waals surface area contributed by atoms with Gasteiger partial charge in [0.1, 0.15) is 6.10 Å². The van der Waals surface area contributed by atoms with Gasteiger partial charge in [-0.3, -0.25) is 14.6 Å². The average molecular weight is 242 g/mol. The van der Waals surface area contributed by atoms with Crippen molar-refractivity contribution < 1.29 is 24.6 Å². The largest absolute Gasteiger partial charge is 0.480 e. The number of aliphatic carboxylic acids is 1. The van der Waals surface area contributed by atoms with Gasteiger partial charge in [-0.1, -0.05) is 0 Å². The summed E-state index contributed by atoms with van der Waals surface area (Å²) in [7, 11) is 0. The molecule has 17 heavy (non-hydrogen) atoms. The minimum absolute atomic E-state index is 0.0526. The van der Waals surface area contributed by atoms with Crippen LogP contribution in [0.25, 0.3) is 0 Å². The fourth-order valence-corrected chi connectivity index (χ4v) is 2.24. The second kappa shape index (κ2) is 4.33. The number of carbonyl (C=O) groups is 3. The van der Waals surface area contributed by atoms with E-state index < -0.39 is 24.0 Å². The fourth-order valence-electron chi connectivity index (χ4n) is 2.24. The minimum Gasteiger partial charge on any atom is -0.480 e. The lowest BCUT2D eigenvalue weighted by Gasteiger charge is -2.41. The third-order valence-electron chi connectivity index (χ3n) is 3.12. The topological polar surface area (TPSA) is 98.1 Å². The molecule has 0 bridgehead atoms. The smallest absolute Gasteiger partial charge is 0.328 e. The van der Waals surface area contributed by atoms with E-state index in [-0.39, 0.29) is 18.7 Å². The highest BCUT2D eigenvalue weighted by Gasteiger charge is 2.43. The van der Waals surface area contributed by atoms with Gasteiger partial charge in [-0.05, 0) is 19.3 Å². The lowest BCUT2D eigenvalue weighted by Crippen LogP contribution is -2.60. The van der Waals surface area contributed by atoms with E-state index in [0.717, 1.165) is 5.01 Å². The Kier molecular flexibility index (Phi) is 3.01. The first kappa shape index (κ1) is 11.8. The van der Waals surface area contributed by atoms with Gasteiger partial charge in [0.05, 0.1) is 0 Å². The van der Waals surface area contributed by atoms with Gasteiger partial charge < -0.3 is 10.2 Å². The molecule has 0 radical (unpaired) electrons. The van der Waals surface area contributed by atoms with E-state index in [1.54, 1.807) is 0 Å². The van der Waals surface area contributed by atoms with Crippen LogP contribution in [0, 0.1) is 0 Å². The van der Waals surface area contributed by atoms with E-state index in [1.807, 2.05) is 0 Å². The summed E-state index contributed by atoms with van der Waals surface area (Å²) in [5.41, 5.74) is 0. The van der Waals surface area contributed by atoms with Crippen LogP contribution in [0.2, 0.25) is 0 Å². The van der Waals surface area contributed by atoms with E-state index in [9.17, 15) is 19.5 Å². The summed E-state index contributed by atoms with van der Waals surface area (Å²) in [6.07, 6.45) is -0.323. The molecule has 2 saturated heterocycles. The Balaban J connectivity index is 2.34. The first-order valence-electron chi connectivity index (χ1n) is 5.56. The number of aliphatic hydroxyl groups excluding tert-OH is 1. The summed E-state index contributed by atoms with van der Waals surface area (Å²) in [4.78, 5) is 34.7. The first-order valence-corrected chi connectivity index (χ1v) is 5.56. The Bertz CT molecular complexity index is 370. The highest BCUT2D eigenvalue weighted by Crippen LogP contribution is 2.24. The van der Waals surface area contributed by atoms with Crippen LogP contribution in [0.5, 0.6) is 0 Å². The molecule has 2 atom stereocenters. The number of carboxylic acid groups (broad SMARTS) is 1. The van der Waals surface area contributed by atoms with Crippen molar-refractivity contribution in [2.24, 2.45) is 0 Å². The van der Waals surface area contributed by atoms with Gasteiger partial charge >= 0.3 is 5.97 Å². The number of fused-ring (bicyclic) bond motifs is 1. The molecule has 0 aromatic carbocycles. The third-order valence-corrected chi connectivity index (χ3v) is 3.12. The zero-order valence-corrected chi connectivity index (χ0v) is 9.20. The lowest BCUT2D eigenvalue weighted by molar-refractivity contribution is -0.183. The predicted octanol–water partition coefficient (Wildman–Crippen LogP) is -1.04. The number of rotatable bonds is 1. The molecule has 0 aromatic rings. The fraction of sp³-hybridized carbons (Fsp3) is 0.700. The molecule has 0 aromatic heterocycles. The molecule has 2 rings (SSSR count). The molecule has 7 heteroatoms. The number of hydrazine groups is 1. The zero-order valence-electron chi connectivity index (χ0n) is 9.20. The number of hydrogen-bond donors (Lipinski definition) is 2. The Labute approximate surface area is 97.6 Å². The van der Waals surface area contributed by atoms with Gasteiger partial charge in [0, 0.05) is 13.0 Å². The molecule has 94 valence electrons. The van der Waals surface area contributed by atoms with Crippen LogP contribution in [0.1, 0.15) is 25.7 Å². The van der Waals surface area contributed by atoms with Gasteiger partial charge in [-0.15, -0.1) is 0 Å². The van der Waals surface area contributed by atoms with Crippen molar-refractivity contribution in [1.82, 2.24) is 10.0 Å². The highest BCUT2D eigenvalue weighted by molar-refractivity contribution is 5.91. The van der Waals surface area contributed by atoms with Gasteiger partial charge in [0.25, 0.3) is 5.91 Å². The standard InChI is InChI=1S/C10H14N2O5/c13-7-3-4-8(14)11-5-1-2-6(10(16)17)12(11)9(7)15/h6-7,13H,1-5H2,(H,16,17)/t6-,7-/m0/s1. The molecule has 0 spiro atoms. The summed E-state index contributed by atoms with van der Waals surface area (Å²) in [6, 6.07) is -1.05. The van der Waals surface area contributed by atoms with Crippen LogP contribution in [0.3, 0.4) is 0 Å². The molecule has 2 amide bonds. The van der Waals surface area contributed by atoms with Crippen molar-refractivity contribution in [1.29, 1.82) is 0 Å². The van der Waals surface area contributed by atoms with Crippen LogP contribution in [0.4, 0.5) is 0 Å². The molecule has 2 aliphatic heterocycles. The van der Waals surface area contributed by atoms with Crippen molar-refractivity contribution in [3.8, 4) is 0 Å². The van der Waals surface area contributed by atoms with Gasteiger partial charge in [0.15, 0.2) is 6.04 Å². The lowest BCUT2D eigenvalue weighted by atomic mass is 10.1. The van der Waals surface area contributed by atoms with E-state index in [0.29, 0.717) is 19.4 Å². The maximum atomic E-state index is 11.9. The van der Waals surface area contributed by atoms with Gasteiger partial charge in [-0.25, -0.2) is 9.80 Å². The summed E-state index contributed by atoms with van der Waals surface area (Å²) >= 11 is 0. The number of carbonyl (C=O) groups excluding carboxylic acids is 2. The third kappa shape index (κ3) is 1.97. The molecule has 7 nitrogen and oxygen atoms in total. The van der Waals surface area contributed by atoms with Crippen LogP contribution in [-0.2, 0) is 14.4 Å². The molecule has 2 N–H and O–H groups in total. The van der Waals surface area contributed by atoms with Gasteiger partial charge in [-0.2, -0.15) is 0 Å². The molecule has 2 heterocycles. The predicted molar refractivity (Wildman–Crippen MR) is 54.5 cm³/mol. The molecule has 2 fully saturated rings. The summed E-state index contributed by atoms with van der Waals surface area (Å²) in [5.74, 6) is -2.14. The number of hydrogen-bond acceptors (Lipinski definition) is 4. The quantitative estimate of drug-likeness (QED) is 0.612. The maximum Gasteiger partial charge on any atom is 0.328 e.